The van der Waals surface area contributed by atoms with Crippen LogP contribution in [-0.2, 0) is 4.79 Å². The molecule has 0 N–H and O–H groups in total. The number of benzene rings is 1. The lowest BCUT2D eigenvalue weighted by Crippen LogP contribution is -2.37. The van der Waals surface area contributed by atoms with Crippen molar-refractivity contribution in [1.82, 2.24) is 9.55 Å². The number of ketones is 1. The Labute approximate surface area is 195 Å². The van der Waals surface area contributed by atoms with Crippen molar-refractivity contribution in [3.05, 3.63) is 99.7 Å². The fraction of sp³-hybridized carbons (Fsp3) is 0.192. The summed E-state index contributed by atoms with van der Waals surface area (Å²) in [4.78, 5) is 19.7. The summed E-state index contributed by atoms with van der Waals surface area (Å²) in [6.45, 7) is 2.05. The largest absolute Gasteiger partial charge is 0.309 e. The highest BCUT2D eigenvalue weighted by atomic mass is 79.9. The minimum Gasteiger partial charge on any atom is -0.309 e. The number of hydrogen-bond donors (Lipinski definition) is 0. The van der Waals surface area contributed by atoms with Crippen LogP contribution in [0, 0.1) is 18.3 Å². The van der Waals surface area contributed by atoms with Gasteiger partial charge in [-0.3, -0.25) is 14.7 Å². The Morgan fingerprint density at radius 3 is 2.66 bits per heavy atom. The second kappa shape index (κ2) is 8.25. The Morgan fingerprint density at radius 1 is 1.16 bits per heavy atom. The summed E-state index contributed by atoms with van der Waals surface area (Å²) < 4.78 is 2.97. The van der Waals surface area contributed by atoms with Crippen LogP contribution in [0.4, 0.5) is 5.69 Å². The van der Waals surface area contributed by atoms with Crippen LogP contribution in [0.5, 0.6) is 0 Å². The highest BCUT2D eigenvalue weighted by Crippen LogP contribution is 2.49. The first-order chi connectivity index (χ1) is 15.6. The molecule has 1 aliphatic heterocycles. The summed E-state index contributed by atoms with van der Waals surface area (Å²) in [6, 6.07) is 16.3. The molecule has 0 saturated carbocycles. The lowest BCUT2D eigenvalue weighted by molar-refractivity contribution is -0.116. The van der Waals surface area contributed by atoms with Gasteiger partial charge in [-0.15, -0.1) is 0 Å². The number of pyridine rings is 1. The second-order valence-electron chi connectivity index (χ2n) is 8.06. The molecule has 1 atom stereocenters. The molecular weight excluding hydrogens is 464 g/mol. The smallest absolute Gasteiger partial charge is 0.161 e. The van der Waals surface area contributed by atoms with E-state index in [1.807, 2.05) is 53.4 Å². The van der Waals surface area contributed by atoms with Crippen LogP contribution in [0.1, 0.15) is 36.3 Å². The molecule has 0 amide bonds. The highest BCUT2D eigenvalue weighted by molar-refractivity contribution is 9.10. The van der Waals surface area contributed by atoms with Gasteiger partial charge in [-0.25, -0.2) is 0 Å². The maximum atomic E-state index is 13.3. The van der Waals surface area contributed by atoms with Crippen molar-refractivity contribution < 1.29 is 4.79 Å². The van der Waals surface area contributed by atoms with Gasteiger partial charge in [-0.05, 0) is 67.3 Å². The molecule has 0 spiro atoms. The van der Waals surface area contributed by atoms with E-state index in [1.165, 1.54) is 0 Å². The van der Waals surface area contributed by atoms with Crippen LogP contribution in [0.25, 0.3) is 5.82 Å². The number of rotatable bonds is 3. The van der Waals surface area contributed by atoms with Gasteiger partial charge < -0.3 is 4.57 Å². The minimum atomic E-state index is -0.430. The number of aromatic nitrogens is 2. The molecule has 0 bridgehead atoms. The maximum Gasteiger partial charge on any atom is 0.161 e. The lowest BCUT2D eigenvalue weighted by atomic mass is 9.76. The van der Waals surface area contributed by atoms with Gasteiger partial charge in [0.25, 0.3) is 0 Å². The number of aryl methyl sites for hydroxylation is 1. The van der Waals surface area contributed by atoms with Gasteiger partial charge in [0.05, 0.1) is 23.2 Å². The molecule has 0 saturated heterocycles. The Balaban J connectivity index is 1.86. The van der Waals surface area contributed by atoms with E-state index in [0.717, 1.165) is 51.2 Å². The zero-order chi connectivity index (χ0) is 22.2. The fourth-order valence-electron chi connectivity index (χ4n) is 4.78. The average Bonchev–Trinajstić information content (AvgIpc) is 3.33. The molecule has 2 aromatic heterocycles. The first kappa shape index (κ1) is 20.5. The standard InChI is InChI=1S/C26H21BrN4O/c1-17-14-19(27)9-10-21(17)31-22-7-4-8-23(32)25(22)24(18-6-5-11-29-16-18)20(15-28)26(31)30-12-2-3-13-30/h2-3,5-6,9-14,16,24H,4,7-8H2,1H3/t24-/m1/s1. The van der Waals surface area contributed by atoms with Gasteiger partial charge in [-0.1, -0.05) is 22.0 Å². The molecule has 1 aliphatic carbocycles. The van der Waals surface area contributed by atoms with Crippen LogP contribution in [-0.4, -0.2) is 15.3 Å². The van der Waals surface area contributed by atoms with E-state index in [4.69, 9.17) is 0 Å². The molecular formula is C26H21BrN4O. The predicted molar refractivity (Wildman–Crippen MR) is 127 cm³/mol. The summed E-state index contributed by atoms with van der Waals surface area (Å²) in [5.41, 5.74) is 5.14. The van der Waals surface area contributed by atoms with E-state index >= 15 is 0 Å². The number of nitrogens with zero attached hydrogens (tertiary/aromatic N) is 4. The first-order valence-corrected chi connectivity index (χ1v) is 11.4. The number of anilines is 1. The van der Waals surface area contributed by atoms with Gasteiger partial charge in [0.2, 0.25) is 0 Å². The Hall–Kier alpha value is -3.43. The van der Waals surface area contributed by atoms with Crippen molar-refractivity contribution >= 4 is 33.2 Å². The molecule has 1 aromatic carbocycles. The quantitative estimate of drug-likeness (QED) is 0.460. The van der Waals surface area contributed by atoms with E-state index in [9.17, 15) is 10.1 Å². The molecule has 3 aromatic rings. The van der Waals surface area contributed by atoms with Crippen LogP contribution >= 0.6 is 15.9 Å². The number of halogens is 1. The summed E-state index contributed by atoms with van der Waals surface area (Å²) in [5.74, 6) is 0.449. The Morgan fingerprint density at radius 2 is 1.97 bits per heavy atom. The van der Waals surface area contributed by atoms with Crippen molar-refractivity contribution in [2.45, 2.75) is 32.1 Å². The molecule has 5 rings (SSSR count). The first-order valence-electron chi connectivity index (χ1n) is 10.6. The summed E-state index contributed by atoms with van der Waals surface area (Å²) in [5, 5.41) is 10.4. The van der Waals surface area contributed by atoms with Crippen LogP contribution in [0.15, 0.2) is 88.6 Å². The molecule has 5 nitrogen and oxygen atoms in total. The molecule has 158 valence electrons. The minimum absolute atomic E-state index is 0.110. The number of carbonyl (C=O) groups is 1. The third-order valence-corrected chi connectivity index (χ3v) is 6.61. The van der Waals surface area contributed by atoms with Gasteiger partial charge in [0, 0.05) is 47.0 Å². The number of Topliss-reactive ketones (excluding diaryl/α,β-unsaturated/α-hetero) is 1. The zero-order valence-corrected chi connectivity index (χ0v) is 19.2. The Bertz CT molecular complexity index is 1300. The van der Waals surface area contributed by atoms with Crippen LogP contribution < -0.4 is 4.90 Å². The fourth-order valence-corrected chi connectivity index (χ4v) is 5.26. The van der Waals surface area contributed by atoms with Crippen LogP contribution in [0.3, 0.4) is 0 Å². The number of carbonyl (C=O) groups excluding carboxylic acids is 1. The third-order valence-electron chi connectivity index (χ3n) is 6.12. The number of hydrogen-bond acceptors (Lipinski definition) is 4. The zero-order valence-electron chi connectivity index (χ0n) is 17.6. The number of nitriles is 1. The van der Waals surface area contributed by atoms with Gasteiger partial charge in [0.15, 0.2) is 5.78 Å². The van der Waals surface area contributed by atoms with E-state index in [-0.39, 0.29) is 5.78 Å². The molecule has 0 unspecified atom stereocenters. The molecule has 6 heteroatoms. The predicted octanol–water partition coefficient (Wildman–Crippen LogP) is 5.96. The monoisotopic (exact) mass is 484 g/mol. The second-order valence-corrected chi connectivity index (χ2v) is 8.98. The summed E-state index contributed by atoms with van der Waals surface area (Å²) in [6.07, 6.45) is 9.45. The van der Waals surface area contributed by atoms with Crippen molar-refractivity contribution in [3.8, 4) is 6.07 Å². The average molecular weight is 485 g/mol. The van der Waals surface area contributed by atoms with Crippen molar-refractivity contribution in [1.29, 1.82) is 5.26 Å². The third kappa shape index (κ3) is 3.30. The normalized spacial score (nSPS) is 18.6. The lowest BCUT2D eigenvalue weighted by Gasteiger charge is -2.41. The maximum absolute atomic E-state index is 13.3. The van der Waals surface area contributed by atoms with E-state index < -0.39 is 5.92 Å². The Kier molecular flexibility index (Phi) is 5.28. The molecule has 3 heterocycles. The molecule has 0 fully saturated rings. The van der Waals surface area contributed by atoms with Crippen LogP contribution in [0.2, 0.25) is 0 Å². The van der Waals surface area contributed by atoms with Gasteiger partial charge in [-0.2, -0.15) is 5.26 Å². The van der Waals surface area contributed by atoms with E-state index in [1.54, 1.807) is 12.4 Å². The molecule has 0 radical (unpaired) electrons. The summed E-state index contributed by atoms with van der Waals surface area (Å²) >= 11 is 3.56. The van der Waals surface area contributed by atoms with Gasteiger partial charge >= 0.3 is 0 Å². The van der Waals surface area contributed by atoms with Crippen molar-refractivity contribution in [2.75, 3.05) is 4.90 Å². The molecule has 32 heavy (non-hydrogen) atoms. The topological polar surface area (TPSA) is 61.9 Å². The van der Waals surface area contributed by atoms with E-state index in [2.05, 4.69) is 44.9 Å². The summed E-state index contributed by atoms with van der Waals surface area (Å²) in [7, 11) is 0. The molecule has 2 aliphatic rings. The number of allylic oxidation sites excluding steroid dienone is 3. The van der Waals surface area contributed by atoms with Crippen molar-refractivity contribution in [2.24, 2.45) is 0 Å². The van der Waals surface area contributed by atoms with Gasteiger partial charge in [0.1, 0.15) is 5.82 Å². The van der Waals surface area contributed by atoms with Crippen molar-refractivity contribution in [3.63, 3.8) is 0 Å². The van der Waals surface area contributed by atoms with E-state index in [0.29, 0.717) is 12.0 Å². The highest BCUT2D eigenvalue weighted by Gasteiger charge is 2.41. The SMILES string of the molecule is Cc1cc(Br)ccc1N1C2=C(C(=O)CCC2)[C@H](c2cccnc2)C(C#N)=C1n1cccc1.